The summed E-state index contributed by atoms with van der Waals surface area (Å²) in [6.45, 7) is 1.68. The number of rotatable bonds is 4. The van der Waals surface area contributed by atoms with E-state index in [1.54, 1.807) is 19.1 Å². The van der Waals surface area contributed by atoms with Crippen molar-refractivity contribution in [3.05, 3.63) is 31.6 Å². The number of ether oxygens (including phenoxy) is 1. The van der Waals surface area contributed by atoms with Gasteiger partial charge in [-0.2, -0.15) is 18.4 Å². The van der Waals surface area contributed by atoms with Crippen LogP contribution in [-0.2, 0) is 17.6 Å². The van der Waals surface area contributed by atoms with E-state index >= 15 is 0 Å². The maximum atomic E-state index is 13.4. The van der Waals surface area contributed by atoms with Crippen molar-refractivity contribution in [2.75, 3.05) is 6.61 Å². The summed E-state index contributed by atoms with van der Waals surface area (Å²) >= 11 is 7.45. The standard InChI is InChI=1S/C13H9Br2F3N2OS/c1-2-21-6-20-11(8-3-4-9(14)22-8)7(5-19)10(15)12(20)13(16,17)18/h3-4H,2,6H2,1H3. The van der Waals surface area contributed by atoms with Crippen LogP contribution in [0.4, 0.5) is 13.2 Å². The Balaban J connectivity index is 2.77. The summed E-state index contributed by atoms with van der Waals surface area (Å²) in [6.07, 6.45) is -4.60. The number of thiophene rings is 1. The number of aromatic nitrogens is 1. The third kappa shape index (κ3) is 3.25. The van der Waals surface area contributed by atoms with E-state index in [9.17, 15) is 18.4 Å². The molecular weight excluding hydrogens is 449 g/mol. The minimum atomic E-state index is -4.60. The summed E-state index contributed by atoms with van der Waals surface area (Å²) in [5.41, 5.74) is -0.774. The van der Waals surface area contributed by atoms with E-state index in [4.69, 9.17) is 4.74 Å². The Morgan fingerprint density at radius 3 is 2.50 bits per heavy atom. The second-order valence-corrected chi connectivity index (χ2v) is 7.41. The first-order valence-corrected chi connectivity index (χ1v) is 8.44. The van der Waals surface area contributed by atoms with Crippen LogP contribution in [0.15, 0.2) is 20.4 Å². The van der Waals surface area contributed by atoms with Crippen LogP contribution in [0.2, 0.25) is 0 Å². The molecule has 2 aromatic rings. The third-order valence-electron chi connectivity index (χ3n) is 2.82. The lowest BCUT2D eigenvalue weighted by Gasteiger charge is -2.14. The Bertz CT molecular complexity index is 731. The van der Waals surface area contributed by atoms with Crippen molar-refractivity contribution in [3.63, 3.8) is 0 Å². The molecule has 0 N–H and O–H groups in total. The summed E-state index contributed by atoms with van der Waals surface area (Å²) in [4.78, 5) is 0.555. The van der Waals surface area contributed by atoms with Gasteiger partial charge in [0.25, 0.3) is 0 Å². The number of hydrogen-bond donors (Lipinski definition) is 0. The van der Waals surface area contributed by atoms with Gasteiger partial charge in [-0.1, -0.05) is 0 Å². The number of nitrogens with zero attached hydrogens (tertiary/aromatic N) is 2. The molecule has 0 aromatic carbocycles. The highest BCUT2D eigenvalue weighted by atomic mass is 79.9. The van der Waals surface area contributed by atoms with Crippen LogP contribution >= 0.6 is 43.2 Å². The van der Waals surface area contributed by atoms with Crippen LogP contribution in [0.5, 0.6) is 0 Å². The van der Waals surface area contributed by atoms with Crippen LogP contribution in [0.25, 0.3) is 10.6 Å². The van der Waals surface area contributed by atoms with Gasteiger partial charge in [-0.05, 0) is 50.9 Å². The lowest BCUT2D eigenvalue weighted by Crippen LogP contribution is -2.16. The lowest BCUT2D eigenvalue weighted by atomic mass is 10.2. The molecule has 3 nitrogen and oxygen atoms in total. The highest BCUT2D eigenvalue weighted by molar-refractivity contribution is 9.11. The smallest absolute Gasteiger partial charge is 0.361 e. The van der Waals surface area contributed by atoms with Gasteiger partial charge in [-0.3, -0.25) is 0 Å². The van der Waals surface area contributed by atoms with Gasteiger partial charge in [0.05, 0.1) is 24.4 Å². The van der Waals surface area contributed by atoms with Crippen molar-refractivity contribution in [1.29, 1.82) is 5.26 Å². The van der Waals surface area contributed by atoms with Crippen molar-refractivity contribution in [3.8, 4) is 16.6 Å². The Hall–Kier alpha value is -0.820. The fourth-order valence-electron chi connectivity index (χ4n) is 1.98. The number of hydrogen-bond acceptors (Lipinski definition) is 3. The summed E-state index contributed by atoms with van der Waals surface area (Å²) in [5.74, 6) is 0. The SMILES string of the molecule is CCOCn1c(-c2ccc(Br)s2)c(C#N)c(Br)c1C(F)(F)F. The third-order valence-corrected chi connectivity index (χ3v) is 5.22. The molecule has 0 aliphatic rings. The summed E-state index contributed by atoms with van der Waals surface area (Å²) in [6, 6.07) is 5.24. The Labute approximate surface area is 145 Å². The predicted molar refractivity (Wildman–Crippen MR) is 84.5 cm³/mol. The first kappa shape index (κ1) is 17.5. The van der Waals surface area contributed by atoms with Crippen LogP contribution in [-0.4, -0.2) is 11.2 Å². The quantitative estimate of drug-likeness (QED) is 0.597. The number of alkyl halides is 3. The van der Waals surface area contributed by atoms with E-state index in [-0.39, 0.29) is 29.1 Å². The van der Waals surface area contributed by atoms with Crippen LogP contribution < -0.4 is 0 Å². The zero-order chi connectivity index (χ0) is 16.5. The first-order valence-electron chi connectivity index (χ1n) is 6.04. The molecular formula is C13H9Br2F3N2OS. The molecule has 118 valence electrons. The number of halogens is 5. The molecule has 0 aliphatic carbocycles. The van der Waals surface area contributed by atoms with Gasteiger partial charge in [-0.25, -0.2) is 0 Å². The van der Waals surface area contributed by atoms with Crippen molar-refractivity contribution < 1.29 is 17.9 Å². The molecule has 0 aliphatic heterocycles. The van der Waals surface area contributed by atoms with Gasteiger partial charge in [0, 0.05) is 6.61 Å². The molecule has 0 spiro atoms. The lowest BCUT2D eigenvalue weighted by molar-refractivity contribution is -0.146. The van der Waals surface area contributed by atoms with Crippen molar-refractivity contribution in [2.24, 2.45) is 0 Å². The largest absolute Gasteiger partial charge is 0.432 e. The van der Waals surface area contributed by atoms with Crippen LogP contribution in [0, 0.1) is 11.3 Å². The van der Waals surface area contributed by atoms with E-state index in [0.717, 1.165) is 8.35 Å². The predicted octanol–water partition coefficient (Wildman–Crippen LogP) is 5.63. The average Bonchev–Trinajstić information content (AvgIpc) is 2.96. The minimum absolute atomic E-state index is 0.0543. The molecule has 0 radical (unpaired) electrons. The molecule has 9 heteroatoms. The van der Waals surface area contributed by atoms with E-state index in [1.807, 2.05) is 6.07 Å². The molecule has 0 unspecified atom stereocenters. The van der Waals surface area contributed by atoms with Crippen molar-refractivity contribution >= 4 is 43.2 Å². The average molecular weight is 458 g/mol. The minimum Gasteiger partial charge on any atom is -0.361 e. The topological polar surface area (TPSA) is 38.0 Å². The van der Waals surface area contributed by atoms with E-state index in [1.165, 1.54) is 11.3 Å². The van der Waals surface area contributed by atoms with E-state index in [2.05, 4.69) is 31.9 Å². The van der Waals surface area contributed by atoms with Crippen molar-refractivity contribution in [2.45, 2.75) is 19.8 Å². The fourth-order valence-corrected chi connectivity index (χ4v) is 4.14. The van der Waals surface area contributed by atoms with E-state index in [0.29, 0.717) is 4.88 Å². The molecule has 2 heterocycles. The van der Waals surface area contributed by atoms with Crippen LogP contribution in [0.1, 0.15) is 18.2 Å². The van der Waals surface area contributed by atoms with E-state index < -0.39 is 11.9 Å². The zero-order valence-electron chi connectivity index (χ0n) is 11.2. The Morgan fingerprint density at radius 2 is 2.05 bits per heavy atom. The maximum absolute atomic E-state index is 13.4. The van der Waals surface area contributed by atoms with Gasteiger partial charge < -0.3 is 9.30 Å². The molecule has 0 bridgehead atoms. The fraction of sp³-hybridized carbons (Fsp3) is 0.308. The van der Waals surface area contributed by atoms with Gasteiger partial charge >= 0.3 is 6.18 Å². The normalized spacial score (nSPS) is 11.7. The molecule has 0 atom stereocenters. The Kier molecular flexibility index (Phi) is 5.37. The summed E-state index contributed by atoms with van der Waals surface area (Å²) in [5, 5.41) is 9.29. The molecule has 2 aromatic heterocycles. The number of nitriles is 1. The second-order valence-electron chi connectivity index (χ2n) is 4.15. The molecule has 0 saturated carbocycles. The highest BCUT2D eigenvalue weighted by Gasteiger charge is 2.41. The Morgan fingerprint density at radius 1 is 1.36 bits per heavy atom. The molecule has 2 rings (SSSR count). The summed E-state index contributed by atoms with van der Waals surface area (Å²) in [7, 11) is 0. The summed E-state index contributed by atoms with van der Waals surface area (Å²) < 4.78 is 46.8. The first-order chi connectivity index (χ1) is 10.3. The highest BCUT2D eigenvalue weighted by Crippen LogP contribution is 2.45. The van der Waals surface area contributed by atoms with Gasteiger partial charge in [-0.15, -0.1) is 11.3 Å². The maximum Gasteiger partial charge on any atom is 0.432 e. The molecule has 22 heavy (non-hydrogen) atoms. The molecule has 0 fully saturated rings. The second kappa shape index (κ2) is 6.74. The van der Waals surface area contributed by atoms with Gasteiger partial charge in [0.2, 0.25) is 0 Å². The molecule has 0 saturated heterocycles. The molecule has 0 amide bonds. The van der Waals surface area contributed by atoms with Gasteiger partial charge in [0.15, 0.2) is 0 Å². The zero-order valence-corrected chi connectivity index (χ0v) is 15.2. The van der Waals surface area contributed by atoms with Crippen molar-refractivity contribution in [1.82, 2.24) is 4.57 Å². The van der Waals surface area contributed by atoms with Gasteiger partial charge in [0.1, 0.15) is 18.5 Å². The van der Waals surface area contributed by atoms with Crippen LogP contribution in [0.3, 0.4) is 0 Å². The monoisotopic (exact) mass is 456 g/mol.